The Morgan fingerprint density at radius 1 is 1.10 bits per heavy atom. The number of carbonyl (C=O) groups is 1. The van der Waals surface area contributed by atoms with Gasteiger partial charge in [0, 0.05) is 18.5 Å². The molecule has 0 heterocycles. The smallest absolute Gasteiger partial charge is 0.127 e. The minimum absolute atomic E-state index is 0.0959. The molecule has 2 nitrogen and oxygen atoms in total. The van der Waals surface area contributed by atoms with Gasteiger partial charge < -0.3 is 4.79 Å². The fourth-order valence-corrected chi connectivity index (χ4v) is 3.31. The van der Waals surface area contributed by atoms with Crippen LogP contribution >= 0.6 is 0 Å². The van der Waals surface area contributed by atoms with Gasteiger partial charge in [0.25, 0.3) is 0 Å². The lowest BCUT2D eigenvalue weighted by atomic mass is 9.81. The highest BCUT2D eigenvalue weighted by Gasteiger charge is 2.32. The molecule has 0 unspecified atom stereocenters. The molecule has 0 N–H and O–H groups in total. The zero-order chi connectivity index (χ0) is 14.3. The molecule has 0 aliphatic heterocycles. The highest BCUT2D eigenvalue weighted by atomic mass is 16.1. The summed E-state index contributed by atoms with van der Waals surface area (Å²) in [4.78, 5) is 14.1. The molecule has 1 aliphatic rings. The van der Waals surface area contributed by atoms with Crippen LogP contribution in [0.1, 0.15) is 51.0 Å². The van der Waals surface area contributed by atoms with Gasteiger partial charge in [-0.15, -0.1) is 0 Å². The summed E-state index contributed by atoms with van der Waals surface area (Å²) in [7, 11) is 0. The maximum absolute atomic E-state index is 11.7. The van der Waals surface area contributed by atoms with Crippen LogP contribution in [0.15, 0.2) is 30.3 Å². The highest BCUT2D eigenvalue weighted by molar-refractivity contribution is 5.59. The van der Waals surface area contributed by atoms with Gasteiger partial charge in [0.15, 0.2) is 0 Å². The number of carbonyl (C=O) groups excluding carboxylic acids is 1. The Morgan fingerprint density at radius 3 is 2.30 bits per heavy atom. The molecule has 2 heteroatoms. The van der Waals surface area contributed by atoms with E-state index in [1.165, 1.54) is 37.5 Å². The summed E-state index contributed by atoms with van der Waals surface area (Å²) < 4.78 is 0. The van der Waals surface area contributed by atoms with Crippen molar-refractivity contribution in [2.24, 2.45) is 5.41 Å². The zero-order valence-corrected chi connectivity index (χ0v) is 12.7. The molecule has 110 valence electrons. The molecule has 20 heavy (non-hydrogen) atoms. The summed E-state index contributed by atoms with van der Waals surface area (Å²) in [5.41, 5.74) is 1.24. The first kappa shape index (κ1) is 15.2. The second kappa shape index (κ2) is 7.58. The van der Waals surface area contributed by atoms with Gasteiger partial charge >= 0.3 is 0 Å². The lowest BCUT2D eigenvalue weighted by Gasteiger charge is -2.33. The van der Waals surface area contributed by atoms with Crippen LogP contribution in [0.3, 0.4) is 0 Å². The van der Waals surface area contributed by atoms with E-state index < -0.39 is 0 Å². The minimum Gasteiger partial charge on any atom is -0.303 e. The lowest BCUT2D eigenvalue weighted by molar-refractivity contribution is -0.118. The second-order valence-electron chi connectivity index (χ2n) is 6.18. The molecule has 0 spiro atoms. The number of nitrogens with zero attached hydrogens (tertiary/aromatic N) is 1. The third-order valence-electron chi connectivity index (χ3n) is 4.58. The fourth-order valence-electron chi connectivity index (χ4n) is 3.31. The van der Waals surface area contributed by atoms with Crippen LogP contribution in [0, 0.1) is 5.41 Å². The molecule has 0 saturated heterocycles. The van der Waals surface area contributed by atoms with Crippen molar-refractivity contribution in [2.45, 2.75) is 52.0 Å². The molecule has 0 atom stereocenters. The lowest BCUT2D eigenvalue weighted by Crippen LogP contribution is -2.38. The van der Waals surface area contributed by atoms with Gasteiger partial charge in [-0.2, -0.15) is 0 Å². The summed E-state index contributed by atoms with van der Waals surface area (Å²) >= 11 is 0. The van der Waals surface area contributed by atoms with Crippen LogP contribution < -0.4 is 0 Å². The Labute approximate surface area is 123 Å². The van der Waals surface area contributed by atoms with E-state index in [0.717, 1.165) is 32.5 Å². The number of rotatable bonds is 6. The van der Waals surface area contributed by atoms with E-state index in [4.69, 9.17) is 0 Å². The van der Waals surface area contributed by atoms with E-state index in [-0.39, 0.29) is 5.41 Å². The van der Waals surface area contributed by atoms with Crippen LogP contribution in [0.2, 0.25) is 0 Å². The van der Waals surface area contributed by atoms with Gasteiger partial charge in [-0.1, -0.05) is 62.9 Å². The molecule has 0 bridgehead atoms. The van der Waals surface area contributed by atoms with E-state index >= 15 is 0 Å². The normalized spacial score (nSPS) is 18.7. The van der Waals surface area contributed by atoms with Crippen molar-refractivity contribution >= 4 is 6.29 Å². The van der Waals surface area contributed by atoms with E-state index in [1.807, 2.05) is 0 Å². The third kappa shape index (κ3) is 4.17. The van der Waals surface area contributed by atoms with Crippen LogP contribution in [-0.4, -0.2) is 24.3 Å². The monoisotopic (exact) mass is 273 g/mol. The Bertz CT molecular complexity index is 393. The molecule has 1 saturated carbocycles. The van der Waals surface area contributed by atoms with Crippen LogP contribution in [0.4, 0.5) is 0 Å². The van der Waals surface area contributed by atoms with Gasteiger partial charge in [-0.25, -0.2) is 0 Å². The average molecular weight is 273 g/mol. The SMILES string of the molecule is CCN(Cc1ccccc1)CC1(C=O)CCCCCC1. The summed E-state index contributed by atoms with van der Waals surface area (Å²) in [6, 6.07) is 10.6. The summed E-state index contributed by atoms with van der Waals surface area (Å²) in [6.07, 6.45) is 8.40. The predicted octanol–water partition coefficient (Wildman–Crippen LogP) is 4.05. The van der Waals surface area contributed by atoms with Crippen molar-refractivity contribution in [3.63, 3.8) is 0 Å². The Balaban J connectivity index is 2.01. The standard InChI is InChI=1S/C18H27NO/c1-2-19(14-17-10-6-5-7-11-17)15-18(16-20)12-8-3-4-9-13-18/h5-7,10-11,16H,2-4,8-9,12-15H2,1H3. The Morgan fingerprint density at radius 2 is 1.75 bits per heavy atom. The van der Waals surface area contributed by atoms with Crippen molar-refractivity contribution in [3.05, 3.63) is 35.9 Å². The number of aldehydes is 1. The summed E-state index contributed by atoms with van der Waals surface area (Å²) in [5.74, 6) is 0. The van der Waals surface area contributed by atoms with Gasteiger partial charge in [-0.05, 0) is 24.9 Å². The first-order chi connectivity index (χ1) is 9.78. The first-order valence-electron chi connectivity index (χ1n) is 8.01. The van der Waals surface area contributed by atoms with Crippen molar-refractivity contribution < 1.29 is 4.79 Å². The predicted molar refractivity (Wildman–Crippen MR) is 83.6 cm³/mol. The van der Waals surface area contributed by atoms with Gasteiger partial charge in [-0.3, -0.25) is 4.90 Å². The summed E-state index contributed by atoms with van der Waals surface area (Å²) in [5, 5.41) is 0. The Kier molecular flexibility index (Phi) is 5.78. The van der Waals surface area contributed by atoms with Crippen LogP contribution in [0.5, 0.6) is 0 Å². The molecule has 0 amide bonds. The topological polar surface area (TPSA) is 20.3 Å². The molecular formula is C18H27NO. The molecule has 0 aromatic heterocycles. The molecule has 1 aliphatic carbocycles. The number of benzene rings is 1. The third-order valence-corrected chi connectivity index (χ3v) is 4.58. The Hall–Kier alpha value is -1.15. The quantitative estimate of drug-likeness (QED) is 0.576. The van der Waals surface area contributed by atoms with Crippen molar-refractivity contribution in [1.29, 1.82) is 0 Å². The summed E-state index contributed by atoms with van der Waals surface area (Å²) in [6.45, 7) is 5.07. The fraction of sp³-hybridized carbons (Fsp3) is 0.611. The second-order valence-corrected chi connectivity index (χ2v) is 6.18. The van der Waals surface area contributed by atoms with Gasteiger partial charge in [0.1, 0.15) is 6.29 Å². The molecular weight excluding hydrogens is 246 g/mol. The zero-order valence-electron chi connectivity index (χ0n) is 12.7. The first-order valence-corrected chi connectivity index (χ1v) is 8.01. The minimum atomic E-state index is -0.0959. The molecule has 1 aromatic carbocycles. The average Bonchev–Trinajstić information content (AvgIpc) is 2.74. The molecule has 1 fully saturated rings. The largest absolute Gasteiger partial charge is 0.303 e. The molecule has 0 radical (unpaired) electrons. The number of hydrogen-bond donors (Lipinski definition) is 0. The van der Waals surface area contributed by atoms with Crippen LogP contribution in [-0.2, 0) is 11.3 Å². The van der Waals surface area contributed by atoms with E-state index in [1.54, 1.807) is 0 Å². The van der Waals surface area contributed by atoms with Crippen molar-refractivity contribution in [2.75, 3.05) is 13.1 Å². The van der Waals surface area contributed by atoms with Gasteiger partial charge in [0.2, 0.25) is 0 Å². The van der Waals surface area contributed by atoms with E-state index in [2.05, 4.69) is 42.2 Å². The molecule has 2 rings (SSSR count). The maximum Gasteiger partial charge on any atom is 0.127 e. The number of hydrogen-bond acceptors (Lipinski definition) is 2. The molecule has 1 aromatic rings. The van der Waals surface area contributed by atoms with E-state index in [0.29, 0.717) is 0 Å². The van der Waals surface area contributed by atoms with Crippen LogP contribution in [0.25, 0.3) is 0 Å². The maximum atomic E-state index is 11.7. The van der Waals surface area contributed by atoms with Gasteiger partial charge in [0.05, 0.1) is 0 Å². The van der Waals surface area contributed by atoms with Crippen molar-refractivity contribution in [1.82, 2.24) is 4.90 Å². The van der Waals surface area contributed by atoms with E-state index in [9.17, 15) is 4.79 Å². The van der Waals surface area contributed by atoms with Crippen molar-refractivity contribution in [3.8, 4) is 0 Å². The highest BCUT2D eigenvalue weighted by Crippen LogP contribution is 2.34.